The number of hydrogen-bond donors (Lipinski definition) is 1. The van der Waals surface area contributed by atoms with Crippen molar-refractivity contribution in [1.82, 2.24) is 9.88 Å². The Morgan fingerprint density at radius 1 is 1.65 bits per heavy atom. The second kappa shape index (κ2) is 5.25. The standard InChI is InChI=1S/C12H16N2O3/c1-17-11-4-5-14(8-11)7-10-3-2-9(6-13-10)12(15)16/h2-3,6,11H,4-5,7-8H2,1H3,(H,15,16). The number of pyridine rings is 1. The average molecular weight is 236 g/mol. The molecule has 5 heteroatoms. The molecule has 1 aliphatic rings. The minimum atomic E-state index is -0.940. The first-order chi connectivity index (χ1) is 8.19. The van der Waals surface area contributed by atoms with Crippen LogP contribution in [0.3, 0.4) is 0 Å². The first-order valence-corrected chi connectivity index (χ1v) is 5.62. The molecular formula is C12H16N2O3. The van der Waals surface area contributed by atoms with Crippen LogP contribution in [-0.4, -0.2) is 47.3 Å². The summed E-state index contributed by atoms with van der Waals surface area (Å²) in [5.41, 5.74) is 1.12. The maximum atomic E-state index is 10.7. The highest BCUT2D eigenvalue weighted by atomic mass is 16.5. The van der Waals surface area contributed by atoms with Crippen LogP contribution >= 0.6 is 0 Å². The zero-order valence-corrected chi connectivity index (χ0v) is 9.80. The maximum Gasteiger partial charge on any atom is 0.337 e. The molecule has 0 bridgehead atoms. The zero-order valence-electron chi connectivity index (χ0n) is 9.80. The summed E-state index contributed by atoms with van der Waals surface area (Å²) in [5.74, 6) is -0.940. The number of ether oxygens (including phenoxy) is 1. The monoisotopic (exact) mass is 236 g/mol. The van der Waals surface area contributed by atoms with Gasteiger partial charge >= 0.3 is 5.97 Å². The molecule has 92 valence electrons. The van der Waals surface area contributed by atoms with Gasteiger partial charge in [0.15, 0.2) is 0 Å². The molecule has 1 aromatic rings. The fourth-order valence-electron chi connectivity index (χ4n) is 2.01. The van der Waals surface area contributed by atoms with E-state index in [0.717, 1.165) is 31.7 Å². The lowest BCUT2D eigenvalue weighted by molar-refractivity contribution is 0.0696. The third kappa shape index (κ3) is 3.01. The van der Waals surface area contributed by atoms with E-state index < -0.39 is 5.97 Å². The third-order valence-corrected chi connectivity index (χ3v) is 3.02. The first kappa shape index (κ1) is 12.0. The van der Waals surface area contributed by atoms with Gasteiger partial charge in [-0.2, -0.15) is 0 Å². The van der Waals surface area contributed by atoms with Gasteiger partial charge in [0.1, 0.15) is 0 Å². The summed E-state index contributed by atoms with van der Waals surface area (Å²) in [6.45, 7) is 2.67. The second-order valence-electron chi connectivity index (χ2n) is 4.22. The van der Waals surface area contributed by atoms with Crippen molar-refractivity contribution in [3.63, 3.8) is 0 Å². The van der Waals surface area contributed by atoms with Gasteiger partial charge in [0.05, 0.1) is 17.4 Å². The van der Waals surface area contributed by atoms with Gasteiger partial charge in [-0.3, -0.25) is 9.88 Å². The van der Waals surface area contributed by atoms with Crippen molar-refractivity contribution in [2.75, 3.05) is 20.2 Å². The highest BCUT2D eigenvalue weighted by Crippen LogP contribution is 2.14. The number of aromatic carboxylic acids is 1. The summed E-state index contributed by atoms with van der Waals surface area (Å²) < 4.78 is 5.29. The fraction of sp³-hybridized carbons (Fsp3) is 0.500. The van der Waals surface area contributed by atoms with Crippen LogP contribution in [0.4, 0.5) is 0 Å². The Bertz CT molecular complexity index is 391. The molecule has 2 heterocycles. The van der Waals surface area contributed by atoms with E-state index in [1.165, 1.54) is 6.20 Å². The predicted molar refractivity (Wildman–Crippen MR) is 61.9 cm³/mol. The van der Waals surface area contributed by atoms with Crippen molar-refractivity contribution in [3.8, 4) is 0 Å². The maximum absolute atomic E-state index is 10.7. The molecule has 0 aromatic carbocycles. The van der Waals surface area contributed by atoms with Gasteiger partial charge in [-0.15, -0.1) is 0 Å². The molecule has 5 nitrogen and oxygen atoms in total. The molecule has 1 N–H and O–H groups in total. The second-order valence-corrected chi connectivity index (χ2v) is 4.22. The van der Waals surface area contributed by atoms with Gasteiger partial charge in [0, 0.05) is 32.9 Å². The Morgan fingerprint density at radius 3 is 3.00 bits per heavy atom. The summed E-state index contributed by atoms with van der Waals surface area (Å²) in [6, 6.07) is 3.36. The Balaban J connectivity index is 1.93. The molecule has 1 aliphatic heterocycles. The van der Waals surface area contributed by atoms with Crippen molar-refractivity contribution in [1.29, 1.82) is 0 Å². The third-order valence-electron chi connectivity index (χ3n) is 3.02. The van der Waals surface area contributed by atoms with Crippen LogP contribution < -0.4 is 0 Å². The molecule has 17 heavy (non-hydrogen) atoms. The summed E-state index contributed by atoms with van der Waals surface area (Å²) in [5, 5.41) is 8.76. The van der Waals surface area contributed by atoms with Gasteiger partial charge < -0.3 is 9.84 Å². The molecule has 0 saturated carbocycles. The lowest BCUT2D eigenvalue weighted by atomic mass is 10.2. The summed E-state index contributed by atoms with van der Waals surface area (Å²) in [7, 11) is 1.73. The van der Waals surface area contributed by atoms with Crippen molar-refractivity contribution >= 4 is 5.97 Å². The van der Waals surface area contributed by atoms with E-state index in [4.69, 9.17) is 9.84 Å². The van der Waals surface area contributed by atoms with Crippen molar-refractivity contribution in [2.24, 2.45) is 0 Å². The molecule has 0 amide bonds. The van der Waals surface area contributed by atoms with Crippen molar-refractivity contribution < 1.29 is 14.6 Å². The molecule has 1 unspecified atom stereocenters. The molecule has 0 aliphatic carbocycles. The number of carboxylic acids is 1. The van der Waals surface area contributed by atoms with Crippen LogP contribution in [0, 0.1) is 0 Å². The van der Waals surface area contributed by atoms with Gasteiger partial charge in [-0.1, -0.05) is 0 Å². The Labute approximate surface area is 100 Å². The van der Waals surface area contributed by atoms with Crippen molar-refractivity contribution in [3.05, 3.63) is 29.6 Å². The number of hydrogen-bond acceptors (Lipinski definition) is 4. The Hall–Kier alpha value is -1.46. The van der Waals surface area contributed by atoms with E-state index >= 15 is 0 Å². The lowest BCUT2D eigenvalue weighted by Gasteiger charge is -2.14. The molecule has 0 radical (unpaired) electrons. The molecule has 1 aromatic heterocycles. The number of aromatic nitrogens is 1. The number of carboxylic acid groups (broad SMARTS) is 1. The van der Waals surface area contributed by atoms with E-state index in [9.17, 15) is 4.79 Å². The molecular weight excluding hydrogens is 220 g/mol. The van der Waals surface area contributed by atoms with E-state index in [-0.39, 0.29) is 5.56 Å². The number of nitrogens with zero attached hydrogens (tertiary/aromatic N) is 2. The minimum Gasteiger partial charge on any atom is -0.478 e. The number of likely N-dealkylation sites (tertiary alicyclic amines) is 1. The average Bonchev–Trinajstić information content (AvgIpc) is 2.77. The number of carbonyl (C=O) groups is 1. The summed E-state index contributed by atoms with van der Waals surface area (Å²) in [4.78, 5) is 17.1. The quantitative estimate of drug-likeness (QED) is 0.845. The van der Waals surface area contributed by atoms with Crippen molar-refractivity contribution in [2.45, 2.75) is 19.1 Å². The topological polar surface area (TPSA) is 62.7 Å². The van der Waals surface area contributed by atoms with E-state index in [2.05, 4.69) is 9.88 Å². The molecule has 1 fully saturated rings. The van der Waals surface area contributed by atoms with E-state index in [1.54, 1.807) is 19.2 Å². The molecule has 0 spiro atoms. The molecule has 1 saturated heterocycles. The zero-order chi connectivity index (χ0) is 12.3. The molecule has 2 rings (SSSR count). The van der Waals surface area contributed by atoms with Gasteiger partial charge in [-0.25, -0.2) is 4.79 Å². The van der Waals surface area contributed by atoms with Gasteiger partial charge in [0.25, 0.3) is 0 Å². The van der Waals surface area contributed by atoms with Gasteiger partial charge in [-0.05, 0) is 18.6 Å². The van der Waals surface area contributed by atoms with Crippen LogP contribution in [0.5, 0.6) is 0 Å². The summed E-state index contributed by atoms with van der Waals surface area (Å²) >= 11 is 0. The lowest BCUT2D eigenvalue weighted by Crippen LogP contribution is -2.22. The normalized spacial score (nSPS) is 20.6. The van der Waals surface area contributed by atoms with E-state index in [0.29, 0.717) is 6.10 Å². The SMILES string of the molecule is COC1CCN(Cc2ccc(C(=O)O)cn2)C1. The van der Waals surface area contributed by atoms with Gasteiger partial charge in [0.2, 0.25) is 0 Å². The summed E-state index contributed by atoms with van der Waals surface area (Å²) in [6.07, 6.45) is 2.76. The molecule has 1 atom stereocenters. The van der Waals surface area contributed by atoms with Crippen LogP contribution in [0.1, 0.15) is 22.5 Å². The van der Waals surface area contributed by atoms with Crippen LogP contribution in [-0.2, 0) is 11.3 Å². The Morgan fingerprint density at radius 2 is 2.47 bits per heavy atom. The number of rotatable bonds is 4. The smallest absolute Gasteiger partial charge is 0.337 e. The van der Waals surface area contributed by atoms with E-state index in [1.807, 2.05) is 0 Å². The number of methoxy groups -OCH3 is 1. The minimum absolute atomic E-state index is 0.227. The highest BCUT2D eigenvalue weighted by molar-refractivity contribution is 5.87. The first-order valence-electron chi connectivity index (χ1n) is 5.62. The van der Waals surface area contributed by atoms with Crippen LogP contribution in [0.15, 0.2) is 18.3 Å². The largest absolute Gasteiger partial charge is 0.478 e. The van der Waals surface area contributed by atoms with Crippen LogP contribution in [0.25, 0.3) is 0 Å². The Kier molecular flexibility index (Phi) is 3.71. The predicted octanol–water partition coefficient (Wildman–Crippen LogP) is 1.00. The fourth-order valence-corrected chi connectivity index (χ4v) is 2.01. The highest BCUT2D eigenvalue weighted by Gasteiger charge is 2.22. The van der Waals surface area contributed by atoms with Crippen LogP contribution in [0.2, 0.25) is 0 Å².